The maximum absolute atomic E-state index is 10.3. The Morgan fingerprint density at radius 1 is 0.938 bits per heavy atom. The molecule has 16 heavy (non-hydrogen) atoms. The molecule has 7 nitrogen and oxygen atoms in total. The molecule has 0 amide bonds. The zero-order chi connectivity index (χ0) is 11.4. The van der Waals surface area contributed by atoms with E-state index in [2.05, 4.69) is 0 Å². The molecule has 0 spiro atoms. The molecule has 11 heteroatoms. The summed E-state index contributed by atoms with van der Waals surface area (Å²) in [5.74, 6) is 0. The van der Waals surface area contributed by atoms with Crippen LogP contribution in [-0.2, 0) is 9.13 Å². The average molecular weight is 289 g/mol. The van der Waals surface area contributed by atoms with Crippen molar-refractivity contribution in [2.24, 2.45) is 0 Å². The largest absolute Gasteiger partial charge is 1.00 e. The summed E-state index contributed by atoms with van der Waals surface area (Å²) in [5.41, 5.74) is 0. The third-order valence-corrected chi connectivity index (χ3v) is 2.78. The predicted octanol–water partition coefficient (Wildman–Crippen LogP) is -8.55. The van der Waals surface area contributed by atoms with Crippen molar-refractivity contribution in [3.05, 3.63) is 0 Å². The smallest absolute Gasteiger partial charge is 0.810 e. The first-order valence-corrected chi connectivity index (χ1v) is 7.34. The first-order chi connectivity index (χ1) is 6.14. The Kier molecular flexibility index (Phi) is 14.7. The molecular weight excluding hydrogens is 278 g/mol. The Morgan fingerprint density at radius 2 is 1.25 bits per heavy atom. The van der Waals surface area contributed by atoms with Crippen LogP contribution in [-0.4, -0.2) is 24.0 Å². The molecule has 0 bridgehead atoms. The van der Waals surface area contributed by atoms with Gasteiger partial charge >= 0.3 is 59.1 Å². The maximum atomic E-state index is 10.3. The van der Waals surface area contributed by atoms with Crippen LogP contribution >= 0.6 is 15.2 Å². The molecule has 0 aliphatic heterocycles. The molecular formula is C5H11NNa2O6P2-2. The molecule has 0 fully saturated rings. The normalized spacial score (nSPS) is 11.9. The van der Waals surface area contributed by atoms with Gasteiger partial charge in [0.15, 0.2) is 0 Å². The van der Waals surface area contributed by atoms with E-state index in [1.807, 2.05) is 0 Å². The first kappa shape index (κ1) is 23.4. The van der Waals surface area contributed by atoms with Gasteiger partial charge in [0.05, 0.1) is 0 Å². The van der Waals surface area contributed by atoms with Crippen LogP contribution in [0, 0.1) is 0 Å². The van der Waals surface area contributed by atoms with Crippen LogP contribution in [0.4, 0.5) is 0 Å². The van der Waals surface area contributed by atoms with Gasteiger partial charge in [0.25, 0.3) is 0 Å². The van der Waals surface area contributed by atoms with Gasteiger partial charge in [-0.3, -0.25) is 4.90 Å². The Labute approximate surface area is 139 Å². The van der Waals surface area contributed by atoms with Crippen molar-refractivity contribution in [2.75, 3.05) is 19.1 Å². The fraction of sp³-hybridized carbons (Fsp3) is 1.00. The van der Waals surface area contributed by atoms with E-state index in [-0.39, 0.29) is 65.7 Å². The third-order valence-electron chi connectivity index (χ3n) is 1.29. The van der Waals surface area contributed by atoms with Crippen LogP contribution in [0.2, 0.25) is 0 Å². The Morgan fingerprint density at radius 3 is 1.44 bits per heavy atom. The molecule has 0 aliphatic rings. The minimum Gasteiger partial charge on any atom is -0.810 e. The standard InChI is InChI=1S/C5H15NO6P2.2Na/c1-2-3-6(4-13(7,8)9)5-14(10,11)12;;/h2-5H2,1H3,(H2,7,8,9)(H2,10,11,12);;/q;2*+1/p-4. The number of rotatable bonds is 6. The van der Waals surface area contributed by atoms with E-state index in [0.29, 0.717) is 6.42 Å². The summed E-state index contributed by atoms with van der Waals surface area (Å²) in [5, 5.41) is 0. The molecule has 86 valence electrons. The molecule has 0 N–H and O–H groups in total. The molecule has 0 atom stereocenters. The van der Waals surface area contributed by atoms with Crippen LogP contribution in [0.5, 0.6) is 0 Å². The van der Waals surface area contributed by atoms with Gasteiger partial charge in [0, 0.05) is 12.6 Å². The summed E-state index contributed by atoms with van der Waals surface area (Å²) in [6.45, 7) is 1.76. The first-order valence-electron chi connectivity index (χ1n) is 3.88. The summed E-state index contributed by atoms with van der Waals surface area (Å²) < 4.78 is 20.7. The molecule has 0 saturated heterocycles. The number of hydrogen-bond acceptors (Lipinski definition) is 7. The fourth-order valence-corrected chi connectivity index (χ4v) is 2.61. The third kappa shape index (κ3) is 16.3. The molecule has 0 aromatic rings. The van der Waals surface area contributed by atoms with Crippen molar-refractivity contribution in [1.82, 2.24) is 4.90 Å². The van der Waals surface area contributed by atoms with Gasteiger partial charge in [-0.1, -0.05) is 22.1 Å². The van der Waals surface area contributed by atoms with Gasteiger partial charge < -0.3 is 28.7 Å². The SMILES string of the molecule is CCCN(CP(=O)([O-])[O-])CP(=O)([O-])[O-].[Na+].[Na+]. The molecule has 0 unspecified atom stereocenters. The summed E-state index contributed by atoms with van der Waals surface area (Å²) in [6.07, 6.45) is -1.38. The molecule has 0 heterocycles. The number of nitrogens with zero attached hydrogens (tertiary/aromatic N) is 1. The van der Waals surface area contributed by atoms with Gasteiger partial charge in [-0.15, -0.1) is 0 Å². The van der Waals surface area contributed by atoms with Gasteiger partial charge in [0.2, 0.25) is 0 Å². The van der Waals surface area contributed by atoms with Gasteiger partial charge in [-0.25, -0.2) is 0 Å². The van der Waals surface area contributed by atoms with E-state index in [1.54, 1.807) is 6.92 Å². The summed E-state index contributed by atoms with van der Waals surface area (Å²) >= 11 is 0. The average Bonchev–Trinajstić information content (AvgIpc) is 1.78. The zero-order valence-corrected chi connectivity index (χ0v) is 15.4. The van der Waals surface area contributed by atoms with Crippen molar-refractivity contribution in [1.29, 1.82) is 0 Å². The van der Waals surface area contributed by atoms with E-state index >= 15 is 0 Å². The second-order valence-corrected chi connectivity index (χ2v) is 5.91. The van der Waals surface area contributed by atoms with Crippen molar-refractivity contribution in [3.63, 3.8) is 0 Å². The predicted molar refractivity (Wildman–Crippen MR) is 41.9 cm³/mol. The van der Waals surface area contributed by atoms with Crippen LogP contribution in [0.1, 0.15) is 13.3 Å². The van der Waals surface area contributed by atoms with E-state index in [1.165, 1.54) is 0 Å². The maximum Gasteiger partial charge on any atom is 1.00 e. The Hall–Kier alpha value is 2.26. The van der Waals surface area contributed by atoms with Gasteiger partial charge in [-0.2, -0.15) is 0 Å². The molecule has 0 saturated carbocycles. The fourth-order valence-electron chi connectivity index (χ4n) is 0.992. The quantitative estimate of drug-likeness (QED) is 0.350. The molecule has 0 aliphatic carbocycles. The molecule has 0 rings (SSSR count). The van der Waals surface area contributed by atoms with Crippen molar-refractivity contribution in [3.8, 4) is 0 Å². The van der Waals surface area contributed by atoms with Gasteiger partial charge in [0.1, 0.15) is 0 Å². The van der Waals surface area contributed by atoms with Crippen LogP contribution in [0.25, 0.3) is 0 Å². The van der Waals surface area contributed by atoms with Crippen molar-refractivity contribution < 1.29 is 87.8 Å². The molecule has 0 aromatic heterocycles. The Balaban J connectivity index is -0.000000845. The summed E-state index contributed by atoms with van der Waals surface area (Å²) in [6, 6.07) is 0. The van der Waals surface area contributed by atoms with Crippen molar-refractivity contribution in [2.45, 2.75) is 13.3 Å². The van der Waals surface area contributed by atoms with Crippen LogP contribution < -0.4 is 78.7 Å². The minimum atomic E-state index is -4.81. The number of hydrogen-bond donors (Lipinski definition) is 0. The van der Waals surface area contributed by atoms with E-state index in [9.17, 15) is 28.7 Å². The van der Waals surface area contributed by atoms with E-state index < -0.39 is 27.8 Å². The van der Waals surface area contributed by atoms with E-state index in [4.69, 9.17) is 0 Å². The minimum absolute atomic E-state index is 0. The van der Waals surface area contributed by atoms with E-state index in [0.717, 1.165) is 4.90 Å². The van der Waals surface area contributed by atoms with Crippen LogP contribution in [0.15, 0.2) is 0 Å². The Bertz CT molecular complexity index is 242. The second-order valence-electron chi connectivity index (χ2n) is 2.90. The molecule has 0 radical (unpaired) electrons. The second kappa shape index (κ2) is 10.1. The zero-order valence-electron chi connectivity index (χ0n) is 9.62. The van der Waals surface area contributed by atoms with Crippen LogP contribution in [0.3, 0.4) is 0 Å². The molecule has 0 aromatic carbocycles. The summed E-state index contributed by atoms with van der Waals surface area (Å²) in [4.78, 5) is 42.2. The topological polar surface area (TPSA) is 130 Å². The van der Waals surface area contributed by atoms with Gasteiger partial charge in [-0.05, 0) is 13.0 Å². The van der Waals surface area contributed by atoms with Crippen molar-refractivity contribution >= 4 is 15.2 Å². The summed E-state index contributed by atoms with van der Waals surface area (Å²) in [7, 11) is -9.62. The monoisotopic (exact) mass is 289 g/mol.